The molecule has 0 spiro atoms. The normalized spacial score (nSPS) is 11.0. The van der Waals surface area contributed by atoms with Crippen molar-refractivity contribution >= 4 is 39.7 Å². The summed E-state index contributed by atoms with van der Waals surface area (Å²) < 4.78 is 6.40. The van der Waals surface area contributed by atoms with Crippen LogP contribution in [0.4, 0.5) is 0 Å². The molecule has 0 atom stereocenters. The van der Waals surface area contributed by atoms with Gasteiger partial charge in [0.15, 0.2) is 0 Å². The molecule has 4 nitrogen and oxygen atoms in total. The van der Waals surface area contributed by atoms with Crippen LogP contribution >= 0.6 is 27.5 Å². The van der Waals surface area contributed by atoms with Crippen molar-refractivity contribution < 1.29 is 9.53 Å². The predicted octanol–water partition coefficient (Wildman–Crippen LogP) is 4.65. The Morgan fingerprint density at radius 1 is 1.30 bits per heavy atom. The molecule has 0 aromatic heterocycles. The Morgan fingerprint density at radius 2 is 2.04 bits per heavy atom. The monoisotopic (exact) mass is 394 g/mol. The molecule has 6 heteroatoms. The van der Waals surface area contributed by atoms with Crippen molar-refractivity contribution in [1.82, 2.24) is 5.43 Å². The van der Waals surface area contributed by atoms with Crippen molar-refractivity contribution in [1.29, 1.82) is 0 Å². The van der Waals surface area contributed by atoms with Gasteiger partial charge in [0.05, 0.1) is 17.9 Å². The molecule has 2 rings (SSSR count). The van der Waals surface area contributed by atoms with Crippen LogP contribution in [0.25, 0.3) is 0 Å². The Morgan fingerprint density at radius 3 is 2.74 bits per heavy atom. The fourth-order valence-electron chi connectivity index (χ4n) is 1.85. The maximum Gasteiger partial charge on any atom is 0.272 e. The Kier molecular flexibility index (Phi) is 6.19. The smallest absolute Gasteiger partial charge is 0.272 e. The van der Waals surface area contributed by atoms with E-state index in [1.54, 1.807) is 36.4 Å². The lowest BCUT2D eigenvalue weighted by atomic mass is 10.2. The second-order valence-corrected chi connectivity index (χ2v) is 6.32. The molecule has 0 aliphatic heterocycles. The molecule has 2 aromatic carbocycles. The zero-order valence-corrected chi connectivity index (χ0v) is 15.1. The van der Waals surface area contributed by atoms with Crippen LogP contribution in [-0.2, 0) is 0 Å². The van der Waals surface area contributed by atoms with E-state index in [0.717, 1.165) is 0 Å². The van der Waals surface area contributed by atoms with Crippen LogP contribution in [0.1, 0.15) is 29.8 Å². The summed E-state index contributed by atoms with van der Waals surface area (Å²) >= 11 is 9.33. The van der Waals surface area contributed by atoms with Crippen LogP contribution < -0.4 is 10.2 Å². The number of hydrogen-bond donors (Lipinski definition) is 1. The Labute approximate surface area is 148 Å². The van der Waals surface area contributed by atoms with Gasteiger partial charge in [0.1, 0.15) is 5.75 Å². The molecule has 0 saturated carbocycles. The summed E-state index contributed by atoms with van der Waals surface area (Å²) in [5.74, 6) is 0.352. The van der Waals surface area contributed by atoms with E-state index in [-0.39, 0.29) is 12.0 Å². The number of halogens is 2. The number of ether oxygens (including phenoxy) is 1. The van der Waals surface area contributed by atoms with Gasteiger partial charge in [-0.25, -0.2) is 5.43 Å². The van der Waals surface area contributed by atoms with E-state index in [4.69, 9.17) is 16.3 Å². The molecule has 0 saturated heterocycles. The summed E-state index contributed by atoms with van der Waals surface area (Å²) in [4.78, 5) is 12.1. The lowest BCUT2D eigenvalue weighted by Crippen LogP contribution is -2.18. The minimum absolute atomic E-state index is 0.0261. The third kappa shape index (κ3) is 5.08. The third-order valence-electron chi connectivity index (χ3n) is 2.82. The van der Waals surface area contributed by atoms with E-state index in [0.29, 0.717) is 26.4 Å². The van der Waals surface area contributed by atoms with Crippen molar-refractivity contribution in [2.45, 2.75) is 20.0 Å². The molecule has 1 N–H and O–H groups in total. The summed E-state index contributed by atoms with van der Waals surface area (Å²) in [5, 5.41) is 4.55. The fourth-order valence-corrected chi connectivity index (χ4v) is 2.49. The zero-order valence-electron chi connectivity index (χ0n) is 12.7. The van der Waals surface area contributed by atoms with Gasteiger partial charge < -0.3 is 4.74 Å². The van der Waals surface area contributed by atoms with Crippen molar-refractivity contribution in [3.8, 4) is 5.75 Å². The quantitative estimate of drug-likeness (QED) is 0.591. The second-order valence-electron chi connectivity index (χ2n) is 5.03. The predicted molar refractivity (Wildman–Crippen MR) is 96.4 cm³/mol. The maximum absolute atomic E-state index is 12.1. The molecule has 0 fully saturated rings. The van der Waals surface area contributed by atoms with Gasteiger partial charge in [-0.3, -0.25) is 4.79 Å². The van der Waals surface area contributed by atoms with Gasteiger partial charge in [-0.15, -0.1) is 0 Å². The maximum atomic E-state index is 12.1. The first-order valence-corrected chi connectivity index (χ1v) is 8.18. The van der Waals surface area contributed by atoms with Gasteiger partial charge in [-0.2, -0.15) is 5.10 Å². The molecule has 0 bridgehead atoms. The van der Waals surface area contributed by atoms with Crippen LogP contribution in [-0.4, -0.2) is 18.2 Å². The van der Waals surface area contributed by atoms with Crippen LogP contribution in [0.5, 0.6) is 5.75 Å². The second kappa shape index (κ2) is 8.13. The van der Waals surface area contributed by atoms with E-state index in [1.165, 1.54) is 6.21 Å². The topological polar surface area (TPSA) is 50.7 Å². The minimum atomic E-state index is -0.304. The molecule has 1 amide bonds. The Bertz CT molecular complexity index is 732. The van der Waals surface area contributed by atoms with Crippen LogP contribution in [0.3, 0.4) is 0 Å². The molecular formula is C17H16BrClN2O2. The third-order valence-corrected chi connectivity index (χ3v) is 3.75. The average molecular weight is 396 g/mol. The number of hydrogen-bond acceptors (Lipinski definition) is 3. The number of carbonyl (C=O) groups excluding carboxylic acids is 1. The highest BCUT2D eigenvalue weighted by molar-refractivity contribution is 9.10. The molecule has 23 heavy (non-hydrogen) atoms. The molecule has 2 aromatic rings. The fraction of sp³-hybridized carbons (Fsp3) is 0.176. The summed E-state index contributed by atoms with van der Waals surface area (Å²) in [5.41, 5.74) is 3.69. The highest BCUT2D eigenvalue weighted by atomic mass is 79.9. The lowest BCUT2D eigenvalue weighted by Gasteiger charge is -2.12. The van der Waals surface area contributed by atoms with Crippen molar-refractivity contribution in [3.05, 3.63) is 63.1 Å². The number of nitrogens with one attached hydrogen (secondary N) is 1. The largest absolute Gasteiger partial charge is 0.490 e. The molecule has 0 heterocycles. The first-order chi connectivity index (χ1) is 11.0. The van der Waals surface area contributed by atoms with Gasteiger partial charge in [0, 0.05) is 15.1 Å². The Balaban J connectivity index is 2.13. The lowest BCUT2D eigenvalue weighted by molar-refractivity contribution is 0.0954. The number of benzene rings is 2. The van der Waals surface area contributed by atoms with Crippen LogP contribution in [0, 0.1) is 0 Å². The van der Waals surface area contributed by atoms with E-state index in [9.17, 15) is 4.79 Å². The molecule has 0 unspecified atom stereocenters. The van der Waals surface area contributed by atoms with Gasteiger partial charge in [0.25, 0.3) is 5.91 Å². The molecule has 0 radical (unpaired) electrons. The summed E-state index contributed by atoms with van der Waals surface area (Å²) in [6, 6.07) is 12.4. The minimum Gasteiger partial charge on any atom is -0.490 e. The van der Waals surface area contributed by atoms with E-state index in [2.05, 4.69) is 26.5 Å². The highest BCUT2D eigenvalue weighted by Crippen LogP contribution is 2.22. The van der Waals surface area contributed by atoms with Gasteiger partial charge in [-0.1, -0.05) is 23.7 Å². The number of carbonyl (C=O) groups is 1. The van der Waals surface area contributed by atoms with Crippen LogP contribution in [0.15, 0.2) is 52.0 Å². The number of hydrazone groups is 1. The molecule has 0 aliphatic rings. The van der Waals surface area contributed by atoms with Crippen molar-refractivity contribution in [3.63, 3.8) is 0 Å². The summed E-state index contributed by atoms with van der Waals surface area (Å²) in [6.45, 7) is 3.87. The molecular weight excluding hydrogens is 380 g/mol. The average Bonchev–Trinajstić information content (AvgIpc) is 2.50. The number of amides is 1. The molecule has 120 valence electrons. The van der Waals surface area contributed by atoms with E-state index < -0.39 is 0 Å². The van der Waals surface area contributed by atoms with E-state index >= 15 is 0 Å². The highest BCUT2D eigenvalue weighted by Gasteiger charge is 2.08. The summed E-state index contributed by atoms with van der Waals surface area (Å²) in [7, 11) is 0. The SMILES string of the molecule is CC(C)Oc1ccc(Cl)cc1/C=N\NC(=O)c1ccccc1Br. The van der Waals surface area contributed by atoms with Crippen molar-refractivity contribution in [2.24, 2.45) is 5.10 Å². The molecule has 0 aliphatic carbocycles. The zero-order chi connectivity index (χ0) is 16.8. The van der Waals surface area contributed by atoms with Gasteiger partial charge in [-0.05, 0) is 60.1 Å². The van der Waals surface area contributed by atoms with Crippen LogP contribution in [0.2, 0.25) is 5.02 Å². The van der Waals surface area contributed by atoms with Crippen molar-refractivity contribution in [2.75, 3.05) is 0 Å². The van der Waals surface area contributed by atoms with Gasteiger partial charge >= 0.3 is 0 Å². The first kappa shape index (κ1) is 17.5. The van der Waals surface area contributed by atoms with Gasteiger partial charge in [0.2, 0.25) is 0 Å². The number of rotatable bonds is 5. The van der Waals surface area contributed by atoms with E-state index in [1.807, 2.05) is 19.9 Å². The summed E-state index contributed by atoms with van der Waals surface area (Å²) in [6.07, 6.45) is 1.54. The standard InChI is InChI=1S/C17H16BrClN2O2/c1-11(2)23-16-8-7-13(19)9-12(16)10-20-21-17(22)14-5-3-4-6-15(14)18/h3-11H,1-2H3,(H,21,22)/b20-10-. The first-order valence-electron chi connectivity index (χ1n) is 7.01. The number of nitrogens with zero attached hydrogens (tertiary/aromatic N) is 1. The Hall–Kier alpha value is -1.85.